The van der Waals surface area contributed by atoms with Crippen molar-refractivity contribution in [2.24, 2.45) is 0 Å². The fourth-order valence-corrected chi connectivity index (χ4v) is 2.32. The molecule has 1 atom stereocenters. The van der Waals surface area contributed by atoms with Gasteiger partial charge < -0.3 is 14.3 Å². The molecule has 18 heavy (non-hydrogen) atoms. The van der Waals surface area contributed by atoms with Gasteiger partial charge in [-0.05, 0) is 32.4 Å². The zero-order valence-electron chi connectivity index (χ0n) is 10.8. The van der Waals surface area contributed by atoms with E-state index in [0.29, 0.717) is 13.1 Å². The molecule has 1 aromatic rings. The van der Waals surface area contributed by atoms with E-state index in [1.807, 2.05) is 13.0 Å². The number of methoxy groups -OCH3 is 1. The first-order valence-corrected chi connectivity index (χ1v) is 6.18. The van der Waals surface area contributed by atoms with E-state index in [9.17, 15) is 9.90 Å². The van der Waals surface area contributed by atoms with Crippen LogP contribution in [0.5, 0.6) is 0 Å². The normalized spacial score (nSPS) is 20.9. The van der Waals surface area contributed by atoms with Crippen LogP contribution in [0.3, 0.4) is 0 Å². The molecule has 0 unspecified atom stereocenters. The molecule has 5 nitrogen and oxygen atoms in total. The average molecular weight is 253 g/mol. The Balaban J connectivity index is 2.03. The van der Waals surface area contributed by atoms with E-state index in [0.717, 1.165) is 30.7 Å². The smallest absolute Gasteiger partial charge is 0.374 e. The number of hydrogen-bond donors (Lipinski definition) is 1. The Kier molecular flexibility index (Phi) is 4.04. The van der Waals surface area contributed by atoms with Crippen molar-refractivity contribution >= 4 is 5.97 Å². The summed E-state index contributed by atoms with van der Waals surface area (Å²) < 4.78 is 10.2. The molecule has 1 saturated heterocycles. The summed E-state index contributed by atoms with van der Waals surface area (Å²) in [6, 6.07) is 1.85. The van der Waals surface area contributed by atoms with Crippen LogP contribution in [0.2, 0.25) is 0 Å². The van der Waals surface area contributed by atoms with E-state index in [-0.39, 0.29) is 11.9 Å². The van der Waals surface area contributed by atoms with E-state index in [1.165, 1.54) is 7.11 Å². The van der Waals surface area contributed by atoms with E-state index in [1.54, 1.807) is 0 Å². The van der Waals surface area contributed by atoms with Crippen molar-refractivity contribution in [2.45, 2.75) is 32.4 Å². The molecular weight excluding hydrogens is 234 g/mol. The van der Waals surface area contributed by atoms with Crippen LogP contribution in [0.1, 0.15) is 34.7 Å². The van der Waals surface area contributed by atoms with E-state index >= 15 is 0 Å². The number of furan rings is 1. The molecule has 5 heteroatoms. The van der Waals surface area contributed by atoms with Gasteiger partial charge in [-0.3, -0.25) is 4.90 Å². The summed E-state index contributed by atoms with van der Waals surface area (Å²) in [5, 5.41) is 9.60. The fraction of sp³-hybridized carbons (Fsp3) is 0.615. The second-order valence-corrected chi connectivity index (χ2v) is 4.75. The number of carbonyl (C=O) groups is 1. The molecule has 0 aromatic carbocycles. The molecule has 0 radical (unpaired) electrons. The Morgan fingerprint density at radius 3 is 3.11 bits per heavy atom. The molecule has 1 aliphatic rings. The predicted octanol–water partition coefficient (Wildman–Crippen LogP) is 1.33. The van der Waals surface area contributed by atoms with Crippen LogP contribution in [0, 0.1) is 6.92 Å². The number of aliphatic hydroxyl groups is 1. The zero-order valence-corrected chi connectivity index (χ0v) is 10.8. The van der Waals surface area contributed by atoms with Gasteiger partial charge in [0.15, 0.2) is 0 Å². The summed E-state index contributed by atoms with van der Waals surface area (Å²) in [6.45, 7) is 4.05. The molecular formula is C13H19NO4. The summed E-state index contributed by atoms with van der Waals surface area (Å²) in [4.78, 5) is 13.6. The molecule has 2 heterocycles. The van der Waals surface area contributed by atoms with Crippen molar-refractivity contribution < 1.29 is 19.1 Å². The van der Waals surface area contributed by atoms with Crippen LogP contribution < -0.4 is 0 Å². The SMILES string of the molecule is COC(=O)c1oc(CN2CCC[C@H](O)C2)cc1C. The fourth-order valence-electron chi connectivity index (χ4n) is 2.32. The Bertz CT molecular complexity index is 427. The highest BCUT2D eigenvalue weighted by atomic mass is 16.5. The number of carbonyl (C=O) groups excluding carboxylic acids is 1. The Labute approximate surface area is 106 Å². The van der Waals surface area contributed by atoms with Crippen molar-refractivity contribution in [2.75, 3.05) is 20.2 Å². The van der Waals surface area contributed by atoms with Crippen molar-refractivity contribution in [3.8, 4) is 0 Å². The molecule has 1 N–H and O–H groups in total. The number of nitrogens with zero attached hydrogens (tertiary/aromatic N) is 1. The van der Waals surface area contributed by atoms with Crippen LogP contribution in [0.4, 0.5) is 0 Å². The minimum Gasteiger partial charge on any atom is -0.463 e. The molecule has 0 bridgehead atoms. The molecule has 100 valence electrons. The summed E-state index contributed by atoms with van der Waals surface area (Å²) >= 11 is 0. The summed E-state index contributed by atoms with van der Waals surface area (Å²) in [6.07, 6.45) is 1.60. The molecule has 1 fully saturated rings. The van der Waals surface area contributed by atoms with Gasteiger partial charge in [0, 0.05) is 12.1 Å². The molecule has 0 aliphatic carbocycles. The number of aliphatic hydroxyl groups excluding tert-OH is 1. The standard InChI is InChI=1S/C13H19NO4/c1-9-6-11(18-12(9)13(16)17-2)8-14-5-3-4-10(15)7-14/h6,10,15H,3-5,7-8H2,1-2H3/t10-/m0/s1. The second-order valence-electron chi connectivity index (χ2n) is 4.75. The van der Waals surface area contributed by atoms with Gasteiger partial charge in [-0.2, -0.15) is 0 Å². The van der Waals surface area contributed by atoms with Gasteiger partial charge in [0.2, 0.25) is 5.76 Å². The maximum atomic E-state index is 11.4. The van der Waals surface area contributed by atoms with Crippen molar-refractivity contribution in [3.05, 3.63) is 23.2 Å². The minimum absolute atomic E-state index is 0.255. The lowest BCUT2D eigenvalue weighted by Crippen LogP contribution is -2.37. The van der Waals surface area contributed by atoms with Crippen molar-refractivity contribution in [1.29, 1.82) is 0 Å². The summed E-state index contributed by atoms with van der Waals surface area (Å²) in [5.74, 6) is 0.560. The molecule has 0 saturated carbocycles. The van der Waals surface area contributed by atoms with Gasteiger partial charge in [0.25, 0.3) is 0 Å². The molecule has 0 amide bonds. The van der Waals surface area contributed by atoms with Crippen LogP contribution in [-0.4, -0.2) is 42.3 Å². The van der Waals surface area contributed by atoms with E-state index < -0.39 is 5.97 Å². The number of hydrogen-bond acceptors (Lipinski definition) is 5. The highest BCUT2D eigenvalue weighted by molar-refractivity contribution is 5.87. The van der Waals surface area contributed by atoms with Gasteiger partial charge in [-0.1, -0.05) is 0 Å². The van der Waals surface area contributed by atoms with Gasteiger partial charge in [-0.25, -0.2) is 4.79 Å². The van der Waals surface area contributed by atoms with Gasteiger partial charge in [-0.15, -0.1) is 0 Å². The highest BCUT2D eigenvalue weighted by Gasteiger charge is 2.21. The van der Waals surface area contributed by atoms with Gasteiger partial charge >= 0.3 is 5.97 Å². The second kappa shape index (κ2) is 5.54. The first-order valence-electron chi connectivity index (χ1n) is 6.18. The van der Waals surface area contributed by atoms with Crippen LogP contribution >= 0.6 is 0 Å². The third-order valence-electron chi connectivity index (χ3n) is 3.20. The lowest BCUT2D eigenvalue weighted by Gasteiger charge is -2.29. The topological polar surface area (TPSA) is 62.9 Å². The number of aryl methyl sites for hydroxylation is 1. The quantitative estimate of drug-likeness (QED) is 0.823. The lowest BCUT2D eigenvalue weighted by molar-refractivity contribution is 0.0538. The predicted molar refractivity (Wildman–Crippen MR) is 65.3 cm³/mol. The number of β-amino-alcohol motifs (C(OH)–C–C–N with tert-alkyl or cyclic N) is 1. The number of piperidine rings is 1. The monoisotopic (exact) mass is 253 g/mol. The van der Waals surface area contributed by atoms with Crippen molar-refractivity contribution in [3.63, 3.8) is 0 Å². The number of likely N-dealkylation sites (tertiary alicyclic amines) is 1. The minimum atomic E-state index is -0.447. The average Bonchev–Trinajstić information content (AvgIpc) is 2.69. The van der Waals surface area contributed by atoms with Crippen LogP contribution in [0.25, 0.3) is 0 Å². The Hall–Kier alpha value is -1.33. The summed E-state index contributed by atoms with van der Waals surface area (Å²) in [5.41, 5.74) is 0.786. The maximum absolute atomic E-state index is 11.4. The lowest BCUT2D eigenvalue weighted by atomic mass is 10.1. The maximum Gasteiger partial charge on any atom is 0.374 e. The van der Waals surface area contributed by atoms with Crippen LogP contribution in [0.15, 0.2) is 10.5 Å². The molecule has 1 aliphatic heterocycles. The Morgan fingerprint density at radius 2 is 2.44 bits per heavy atom. The highest BCUT2D eigenvalue weighted by Crippen LogP contribution is 2.19. The first kappa shape index (κ1) is 13.1. The largest absolute Gasteiger partial charge is 0.463 e. The molecule has 0 spiro atoms. The third kappa shape index (κ3) is 2.91. The Morgan fingerprint density at radius 1 is 1.67 bits per heavy atom. The molecule has 1 aromatic heterocycles. The first-order chi connectivity index (χ1) is 8.60. The van der Waals surface area contributed by atoms with Crippen LogP contribution in [-0.2, 0) is 11.3 Å². The van der Waals surface area contributed by atoms with Gasteiger partial charge in [0.05, 0.1) is 19.8 Å². The zero-order chi connectivity index (χ0) is 13.1. The third-order valence-corrected chi connectivity index (χ3v) is 3.20. The molecule has 2 rings (SSSR count). The number of rotatable bonds is 3. The number of ether oxygens (including phenoxy) is 1. The van der Waals surface area contributed by atoms with Crippen molar-refractivity contribution in [1.82, 2.24) is 4.90 Å². The summed E-state index contributed by atoms with van der Waals surface area (Å²) in [7, 11) is 1.34. The van der Waals surface area contributed by atoms with Gasteiger partial charge in [0.1, 0.15) is 5.76 Å². The number of esters is 1. The van der Waals surface area contributed by atoms with E-state index in [4.69, 9.17) is 4.42 Å². The van der Waals surface area contributed by atoms with E-state index in [2.05, 4.69) is 9.64 Å².